The number of nitrogens with zero attached hydrogens (tertiary/aromatic N) is 4. The molecule has 0 bridgehead atoms. The van der Waals surface area contributed by atoms with Crippen molar-refractivity contribution in [1.82, 2.24) is 19.6 Å². The van der Waals surface area contributed by atoms with Crippen molar-refractivity contribution in [3.8, 4) is 22.8 Å². The molecule has 0 aliphatic rings. The number of aromatic nitrogens is 4. The highest BCUT2D eigenvalue weighted by Crippen LogP contribution is 2.32. The Morgan fingerprint density at radius 3 is 2.34 bits per heavy atom. The summed E-state index contributed by atoms with van der Waals surface area (Å²) in [6.07, 6.45) is -4.74. The lowest BCUT2D eigenvalue weighted by Gasteiger charge is -2.10. The first-order chi connectivity index (χ1) is 15.3. The van der Waals surface area contributed by atoms with Gasteiger partial charge in [-0.15, -0.1) is 5.10 Å². The predicted molar refractivity (Wildman–Crippen MR) is 109 cm³/mol. The number of alkyl halides is 3. The van der Waals surface area contributed by atoms with Crippen molar-refractivity contribution in [2.24, 2.45) is 0 Å². The molecule has 0 atom stereocenters. The van der Waals surface area contributed by atoms with Crippen molar-refractivity contribution in [2.45, 2.75) is 6.18 Å². The molecule has 0 radical (unpaired) electrons. The van der Waals surface area contributed by atoms with Crippen molar-refractivity contribution < 1.29 is 27.4 Å². The van der Waals surface area contributed by atoms with Crippen LogP contribution in [0.1, 0.15) is 16.3 Å². The van der Waals surface area contributed by atoms with Crippen LogP contribution in [0.15, 0.2) is 54.6 Å². The number of anilines is 1. The molecular weight excluding hydrogens is 427 g/mol. The number of fused-ring (bicyclic) bond motifs is 1. The Morgan fingerprint density at radius 2 is 1.69 bits per heavy atom. The zero-order valence-electron chi connectivity index (χ0n) is 16.8. The number of nitrogens with one attached hydrogen (secondary N) is 1. The first-order valence-corrected chi connectivity index (χ1v) is 9.24. The van der Waals surface area contributed by atoms with E-state index in [0.717, 1.165) is 6.07 Å². The lowest BCUT2D eigenvalue weighted by atomic mass is 10.1. The molecule has 164 valence electrons. The van der Waals surface area contributed by atoms with Gasteiger partial charge in [0, 0.05) is 17.3 Å². The summed E-state index contributed by atoms with van der Waals surface area (Å²) in [5, 5.41) is 6.27. The van der Waals surface area contributed by atoms with Gasteiger partial charge in [-0.1, -0.05) is 30.3 Å². The highest BCUT2D eigenvalue weighted by atomic mass is 19.4. The van der Waals surface area contributed by atoms with E-state index < -0.39 is 23.6 Å². The SMILES string of the molecule is COc1ccc(NC(=O)c2nc3nc(-c4ccccc4)cc(C(F)(F)F)n3n2)cc1OC. The third kappa shape index (κ3) is 4.04. The average Bonchev–Trinajstić information content (AvgIpc) is 3.22. The number of amides is 1. The summed E-state index contributed by atoms with van der Waals surface area (Å²) >= 11 is 0. The Balaban J connectivity index is 1.73. The predicted octanol–water partition coefficient (Wildman–Crippen LogP) is 4.08. The van der Waals surface area contributed by atoms with Crippen LogP contribution in [0.2, 0.25) is 0 Å². The summed E-state index contributed by atoms with van der Waals surface area (Å²) in [5.41, 5.74) is -0.246. The Hall–Kier alpha value is -4.15. The molecule has 0 spiro atoms. The molecule has 2 aromatic heterocycles. The highest BCUT2D eigenvalue weighted by Gasteiger charge is 2.36. The molecule has 4 aromatic rings. The number of carbonyl (C=O) groups is 1. The standard InChI is InChI=1S/C21H16F3N5O3/c1-31-15-9-8-13(10-16(15)32-2)25-19(30)18-27-20-26-14(12-6-4-3-5-7-12)11-17(21(22,23)24)29(20)28-18/h3-11H,1-2H3,(H,25,30). The van der Waals surface area contributed by atoms with Crippen molar-refractivity contribution in [3.05, 3.63) is 66.1 Å². The third-order valence-electron chi connectivity index (χ3n) is 4.52. The van der Waals surface area contributed by atoms with Gasteiger partial charge in [-0.05, 0) is 18.2 Å². The Kier molecular flexibility index (Phi) is 5.39. The van der Waals surface area contributed by atoms with E-state index in [1.807, 2.05) is 0 Å². The number of methoxy groups -OCH3 is 2. The zero-order valence-corrected chi connectivity index (χ0v) is 16.8. The van der Waals surface area contributed by atoms with Crippen LogP contribution in [-0.2, 0) is 6.18 Å². The van der Waals surface area contributed by atoms with Gasteiger partial charge in [-0.25, -0.2) is 4.98 Å². The number of carbonyl (C=O) groups excluding carboxylic acids is 1. The minimum atomic E-state index is -4.74. The molecule has 0 aliphatic carbocycles. The van der Waals surface area contributed by atoms with E-state index in [4.69, 9.17) is 9.47 Å². The van der Waals surface area contributed by atoms with Crippen LogP contribution in [0, 0.1) is 0 Å². The van der Waals surface area contributed by atoms with Gasteiger partial charge in [0.2, 0.25) is 5.82 Å². The van der Waals surface area contributed by atoms with Gasteiger partial charge in [-0.2, -0.15) is 22.7 Å². The first-order valence-electron chi connectivity index (χ1n) is 9.24. The number of rotatable bonds is 5. The van der Waals surface area contributed by atoms with Gasteiger partial charge in [0.15, 0.2) is 17.2 Å². The Morgan fingerprint density at radius 1 is 0.969 bits per heavy atom. The molecule has 32 heavy (non-hydrogen) atoms. The Bertz CT molecular complexity index is 1290. The van der Waals surface area contributed by atoms with E-state index in [1.54, 1.807) is 42.5 Å². The van der Waals surface area contributed by atoms with E-state index in [1.165, 1.54) is 20.3 Å². The quantitative estimate of drug-likeness (QED) is 0.500. The van der Waals surface area contributed by atoms with Crippen LogP contribution in [0.5, 0.6) is 11.5 Å². The van der Waals surface area contributed by atoms with Crippen LogP contribution in [-0.4, -0.2) is 39.7 Å². The summed E-state index contributed by atoms with van der Waals surface area (Å²) in [5.74, 6) is -0.818. The molecule has 1 N–H and O–H groups in total. The molecule has 2 heterocycles. The van der Waals surface area contributed by atoms with Gasteiger partial charge in [0.05, 0.1) is 19.9 Å². The monoisotopic (exact) mass is 443 g/mol. The van der Waals surface area contributed by atoms with Crippen LogP contribution in [0.3, 0.4) is 0 Å². The van der Waals surface area contributed by atoms with E-state index in [0.29, 0.717) is 27.3 Å². The molecule has 8 nitrogen and oxygen atoms in total. The second kappa shape index (κ2) is 8.17. The maximum atomic E-state index is 13.7. The lowest BCUT2D eigenvalue weighted by Crippen LogP contribution is -2.16. The van der Waals surface area contributed by atoms with Gasteiger partial charge < -0.3 is 14.8 Å². The number of halogens is 3. The molecule has 2 aromatic carbocycles. The fraction of sp³-hybridized carbons (Fsp3) is 0.143. The van der Waals surface area contributed by atoms with Crippen LogP contribution >= 0.6 is 0 Å². The maximum absolute atomic E-state index is 13.7. The summed E-state index contributed by atoms with van der Waals surface area (Å²) in [7, 11) is 2.90. The Labute approximate surface area is 179 Å². The average molecular weight is 443 g/mol. The number of ether oxygens (including phenoxy) is 2. The minimum Gasteiger partial charge on any atom is -0.493 e. The second-order valence-electron chi connectivity index (χ2n) is 6.56. The van der Waals surface area contributed by atoms with E-state index in [2.05, 4.69) is 20.4 Å². The molecule has 0 fully saturated rings. The zero-order chi connectivity index (χ0) is 22.9. The largest absolute Gasteiger partial charge is 0.493 e. The molecule has 4 rings (SSSR count). The molecule has 0 aliphatic heterocycles. The summed E-state index contributed by atoms with van der Waals surface area (Å²) < 4.78 is 51.9. The lowest BCUT2D eigenvalue weighted by molar-refractivity contribution is -0.142. The fourth-order valence-electron chi connectivity index (χ4n) is 3.02. The van der Waals surface area contributed by atoms with E-state index in [-0.39, 0.29) is 11.5 Å². The topological polar surface area (TPSA) is 90.6 Å². The van der Waals surface area contributed by atoms with Crippen molar-refractivity contribution in [2.75, 3.05) is 19.5 Å². The van der Waals surface area contributed by atoms with Crippen molar-refractivity contribution >= 4 is 17.4 Å². The van der Waals surface area contributed by atoms with Gasteiger partial charge >= 0.3 is 6.18 Å². The summed E-state index contributed by atoms with van der Waals surface area (Å²) in [4.78, 5) is 20.7. The molecule has 11 heteroatoms. The van der Waals surface area contributed by atoms with Crippen LogP contribution in [0.25, 0.3) is 17.0 Å². The van der Waals surface area contributed by atoms with Gasteiger partial charge in [-0.3, -0.25) is 4.79 Å². The number of hydrogen-bond donors (Lipinski definition) is 1. The molecule has 1 amide bonds. The highest BCUT2D eigenvalue weighted by molar-refractivity contribution is 6.02. The van der Waals surface area contributed by atoms with Gasteiger partial charge in [0.1, 0.15) is 0 Å². The number of benzene rings is 2. The smallest absolute Gasteiger partial charge is 0.433 e. The normalized spacial score (nSPS) is 11.4. The molecule has 0 saturated carbocycles. The molecule has 0 saturated heterocycles. The van der Waals surface area contributed by atoms with Crippen LogP contribution < -0.4 is 14.8 Å². The summed E-state index contributed by atoms with van der Waals surface area (Å²) in [6, 6.07) is 13.8. The first kappa shape index (κ1) is 21.1. The van der Waals surface area contributed by atoms with E-state index >= 15 is 0 Å². The fourth-order valence-corrected chi connectivity index (χ4v) is 3.02. The van der Waals surface area contributed by atoms with Crippen molar-refractivity contribution in [3.63, 3.8) is 0 Å². The van der Waals surface area contributed by atoms with Crippen molar-refractivity contribution in [1.29, 1.82) is 0 Å². The minimum absolute atomic E-state index is 0.0599. The molecular formula is C21H16F3N5O3. The molecule has 0 unspecified atom stereocenters. The van der Waals surface area contributed by atoms with Gasteiger partial charge in [0.25, 0.3) is 11.7 Å². The maximum Gasteiger partial charge on any atom is 0.433 e. The number of hydrogen-bond acceptors (Lipinski definition) is 6. The van der Waals surface area contributed by atoms with E-state index in [9.17, 15) is 18.0 Å². The third-order valence-corrected chi connectivity index (χ3v) is 4.52. The summed E-state index contributed by atoms with van der Waals surface area (Å²) in [6.45, 7) is 0. The second-order valence-corrected chi connectivity index (χ2v) is 6.56. The van der Waals surface area contributed by atoms with Crippen LogP contribution in [0.4, 0.5) is 18.9 Å².